The van der Waals surface area contributed by atoms with Crippen molar-refractivity contribution < 1.29 is 9.84 Å². The van der Waals surface area contributed by atoms with Crippen LogP contribution < -0.4 is 4.74 Å². The summed E-state index contributed by atoms with van der Waals surface area (Å²) in [6.07, 6.45) is 0. The van der Waals surface area contributed by atoms with E-state index in [1.165, 1.54) is 0 Å². The fourth-order valence-electron chi connectivity index (χ4n) is 1.47. The van der Waals surface area contributed by atoms with E-state index in [1.54, 1.807) is 54.6 Å². The molecule has 1 unspecified atom stereocenters. The summed E-state index contributed by atoms with van der Waals surface area (Å²) in [6, 6.07) is 19.1. The molecule has 2 aromatic carbocycles. The zero-order valence-electron chi connectivity index (χ0n) is 9.08. The first-order valence-electron chi connectivity index (χ1n) is 5.18. The van der Waals surface area contributed by atoms with Crippen molar-refractivity contribution in [3.05, 3.63) is 66.2 Å². The van der Waals surface area contributed by atoms with Gasteiger partial charge in [0.1, 0.15) is 11.8 Å². The summed E-state index contributed by atoms with van der Waals surface area (Å²) >= 11 is 0. The number of aliphatic hydroxyl groups is 1. The molecular formula is C14H11NO2. The second kappa shape index (κ2) is 4.69. The van der Waals surface area contributed by atoms with Crippen LogP contribution in [0.2, 0.25) is 0 Å². The lowest BCUT2D eigenvalue weighted by Crippen LogP contribution is -2.30. The van der Waals surface area contributed by atoms with Gasteiger partial charge in [-0.25, -0.2) is 0 Å². The third kappa shape index (κ3) is 2.44. The van der Waals surface area contributed by atoms with Crippen LogP contribution in [0.5, 0.6) is 5.75 Å². The van der Waals surface area contributed by atoms with Crippen LogP contribution >= 0.6 is 0 Å². The monoisotopic (exact) mass is 225 g/mol. The Kier molecular flexibility index (Phi) is 3.08. The molecule has 0 saturated heterocycles. The van der Waals surface area contributed by atoms with Crippen molar-refractivity contribution in [1.29, 1.82) is 5.26 Å². The van der Waals surface area contributed by atoms with Crippen LogP contribution in [0.15, 0.2) is 60.7 Å². The van der Waals surface area contributed by atoms with Crippen molar-refractivity contribution in [2.75, 3.05) is 0 Å². The molecule has 0 saturated carbocycles. The number of ether oxygens (including phenoxy) is 1. The molecular weight excluding hydrogens is 214 g/mol. The highest BCUT2D eigenvalue weighted by molar-refractivity contribution is 5.29. The second-order valence-electron chi connectivity index (χ2n) is 3.54. The van der Waals surface area contributed by atoms with Gasteiger partial charge in [-0.2, -0.15) is 5.26 Å². The molecule has 0 heterocycles. The Morgan fingerprint density at radius 3 is 2.00 bits per heavy atom. The Balaban J connectivity index is 2.31. The Morgan fingerprint density at radius 2 is 1.47 bits per heavy atom. The summed E-state index contributed by atoms with van der Waals surface area (Å²) in [7, 11) is 0. The molecule has 0 aliphatic rings. The fourth-order valence-corrected chi connectivity index (χ4v) is 1.47. The van der Waals surface area contributed by atoms with Gasteiger partial charge >= 0.3 is 5.79 Å². The van der Waals surface area contributed by atoms with E-state index in [0.29, 0.717) is 11.3 Å². The van der Waals surface area contributed by atoms with E-state index >= 15 is 0 Å². The predicted molar refractivity (Wildman–Crippen MR) is 63.0 cm³/mol. The molecule has 3 heteroatoms. The van der Waals surface area contributed by atoms with E-state index in [2.05, 4.69) is 0 Å². The molecule has 2 aromatic rings. The van der Waals surface area contributed by atoms with Gasteiger partial charge in [0.2, 0.25) is 0 Å². The summed E-state index contributed by atoms with van der Waals surface area (Å²) < 4.78 is 5.33. The van der Waals surface area contributed by atoms with Crippen LogP contribution in [0, 0.1) is 11.3 Å². The largest absolute Gasteiger partial charge is 0.446 e. The minimum atomic E-state index is -1.96. The van der Waals surface area contributed by atoms with E-state index in [1.807, 2.05) is 12.1 Å². The molecule has 17 heavy (non-hydrogen) atoms. The number of benzene rings is 2. The van der Waals surface area contributed by atoms with E-state index in [9.17, 15) is 5.11 Å². The predicted octanol–water partition coefficient (Wildman–Crippen LogP) is 2.43. The number of hydrogen-bond donors (Lipinski definition) is 1. The highest BCUT2D eigenvalue weighted by atomic mass is 16.6. The Hall–Kier alpha value is -2.31. The van der Waals surface area contributed by atoms with Gasteiger partial charge in [-0.15, -0.1) is 0 Å². The highest BCUT2D eigenvalue weighted by Gasteiger charge is 2.31. The van der Waals surface area contributed by atoms with Gasteiger partial charge in [0.15, 0.2) is 0 Å². The Morgan fingerprint density at radius 1 is 0.941 bits per heavy atom. The summed E-state index contributed by atoms with van der Waals surface area (Å²) in [4.78, 5) is 0. The first-order valence-corrected chi connectivity index (χ1v) is 5.18. The SMILES string of the molecule is N#CC(O)(Oc1ccccc1)c1ccccc1. The minimum absolute atomic E-state index is 0.409. The molecule has 1 atom stereocenters. The normalized spacial score (nSPS) is 13.4. The fraction of sp³-hybridized carbons (Fsp3) is 0.0714. The van der Waals surface area contributed by atoms with E-state index in [4.69, 9.17) is 10.00 Å². The average Bonchev–Trinajstić information content (AvgIpc) is 2.41. The van der Waals surface area contributed by atoms with Crippen molar-refractivity contribution in [2.45, 2.75) is 5.79 Å². The average molecular weight is 225 g/mol. The number of rotatable bonds is 3. The maximum absolute atomic E-state index is 10.2. The summed E-state index contributed by atoms with van der Waals surface area (Å²) in [5.74, 6) is -1.51. The lowest BCUT2D eigenvalue weighted by atomic mass is 10.1. The van der Waals surface area contributed by atoms with E-state index < -0.39 is 5.79 Å². The molecule has 0 aromatic heterocycles. The van der Waals surface area contributed by atoms with Crippen LogP contribution in [-0.4, -0.2) is 5.11 Å². The number of para-hydroxylation sites is 1. The maximum Gasteiger partial charge on any atom is 0.325 e. The van der Waals surface area contributed by atoms with Crippen LogP contribution in [0.4, 0.5) is 0 Å². The molecule has 0 bridgehead atoms. The third-order valence-electron chi connectivity index (χ3n) is 2.33. The van der Waals surface area contributed by atoms with Crippen LogP contribution in [0.1, 0.15) is 5.56 Å². The maximum atomic E-state index is 10.2. The Bertz CT molecular complexity index is 519. The van der Waals surface area contributed by atoms with Gasteiger partial charge < -0.3 is 9.84 Å². The molecule has 3 nitrogen and oxygen atoms in total. The lowest BCUT2D eigenvalue weighted by molar-refractivity contribution is -0.0937. The van der Waals surface area contributed by atoms with Crippen molar-refractivity contribution >= 4 is 0 Å². The topological polar surface area (TPSA) is 53.2 Å². The van der Waals surface area contributed by atoms with Crippen molar-refractivity contribution in [3.63, 3.8) is 0 Å². The standard InChI is InChI=1S/C14H11NO2/c15-11-14(16,12-7-3-1-4-8-12)17-13-9-5-2-6-10-13/h1-10,16H. The van der Waals surface area contributed by atoms with Gasteiger partial charge in [0.25, 0.3) is 0 Å². The minimum Gasteiger partial charge on any atom is -0.446 e. The molecule has 1 N–H and O–H groups in total. The highest BCUT2D eigenvalue weighted by Crippen LogP contribution is 2.24. The zero-order chi connectivity index (χ0) is 12.1. The van der Waals surface area contributed by atoms with Crippen molar-refractivity contribution in [1.82, 2.24) is 0 Å². The third-order valence-corrected chi connectivity index (χ3v) is 2.33. The first-order chi connectivity index (χ1) is 8.24. The van der Waals surface area contributed by atoms with Gasteiger partial charge in [-0.05, 0) is 12.1 Å². The van der Waals surface area contributed by atoms with Gasteiger partial charge in [-0.1, -0.05) is 48.5 Å². The molecule has 0 radical (unpaired) electrons. The summed E-state index contributed by atoms with van der Waals surface area (Å²) in [6.45, 7) is 0. The molecule has 0 spiro atoms. The van der Waals surface area contributed by atoms with Crippen molar-refractivity contribution in [2.24, 2.45) is 0 Å². The molecule has 84 valence electrons. The zero-order valence-corrected chi connectivity index (χ0v) is 9.08. The molecule has 0 fully saturated rings. The second-order valence-corrected chi connectivity index (χ2v) is 3.54. The quantitative estimate of drug-likeness (QED) is 0.644. The molecule has 0 aliphatic carbocycles. The Labute approximate surface area is 99.5 Å². The van der Waals surface area contributed by atoms with Gasteiger partial charge in [0, 0.05) is 5.56 Å². The molecule has 2 rings (SSSR count). The summed E-state index contributed by atoms with van der Waals surface area (Å²) in [5.41, 5.74) is 0.409. The number of nitrogens with zero attached hydrogens (tertiary/aromatic N) is 1. The number of nitriles is 1. The van der Waals surface area contributed by atoms with Gasteiger partial charge in [0.05, 0.1) is 0 Å². The van der Waals surface area contributed by atoms with Crippen LogP contribution in [0.3, 0.4) is 0 Å². The van der Waals surface area contributed by atoms with Gasteiger partial charge in [-0.3, -0.25) is 0 Å². The lowest BCUT2D eigenvalue weighted by Gasteiger charge is -2.21. The summed E-state index contributed by atoms with van der Waals surface area (Å²) in [5, 5.41) is 19.2. The van der Waals surface area contributed by atoms with Crippen LogP contribution in [-0.2, 0) is 5.79 Å². The van der Waals surface area contributed by atoms with E-state index in [-0.39, 0.29) is 0 Å². The number of hydrogen-bond acceptors (Lipinski definition) is 3. The van der Waals surface area contributed by atoms with Crippen LogP contribution in [0.25, 0.3) is 0 Å². The van der Waals surface area contributed by atoms with Crippen molar-refractivity contribution in [3.8, 4) is 11.8 Å². The molecule has 0 aliphatic heterocycles. The molecule has 0 amide bonds. The van der Waals surface area contributed by atoms with E-state index in [0.717, 1.165) is 0 Å². The smallest absolute Gasteiger partial charge is 0.325 e. The first kappa shape index (κ1) is 11.2.